The van der Waals surface area contributed by atoms with Crippen molar-refractivity contribution in [2.24, 2.45) is 7.05 Å². The van der Waals surface area contributed by atoms with Gasteiger partial charge in [0.25, 0.3) is 0 Å². The number of halogens is 2. The zero-order valence-electron chi connectivity index (χ0n) is 9.61. The summed E-state index contributed by atoms with van der Waals surface area (Å²) in [6.07, 6.45) is 1.68. The maximum Gasteiger partial charge on any atom is 0.0837 e. The molecular weight excluding hydrogens is 349 g/mol. The molecule has 0 aliphatic carbocycles. The number of aryl methyl sites for hydroxylation is 1. The van der Waals surface area contributed by atoms with E-state index >= 15 is 0 Å². The van der Waals surface area contributed by atoms with Gasteiger partial charge < -0.3 is 5.32 Å². The van der Waals surface area contributed by atoms with Crippen LogP contribution in [0.25, 0.3) is 0 Å². The van der Waals surface area contributed by atoms with Crippen molar-refractivity contribution in [1.29, 1.82) is 0 Å². The van der Waals surface area contributed by atoms with Crippen LogP contribution in [0.15, 0.2) is 30.5 Å². The van der Waals surface area contributed by atoms with Crippen LogP contribution in [-0.4, -0.2) is 16.8 Å². The van der Waals surface area contributed by atoms with E-state index in [4.69, 9.17) is 11.6 Å². The summed E-state index contributed by atoms with van der Waals surface area (Å²) < 4.78 is 3.02. The summed E-state index contributed by atoms with van der Waals surface area (Å²) in [5.41, 5.74) is 2.19. The Morgan fingerprint density at radius 2 is 2.12 bits per heavy atom. The molecule has 3 nitrogen and oxygen atoms in total. The minimum absolute atomic E-state index is 0.0584. The number of rotatable bonds is 3. The molecule has 0 saturated carbocycles. The highest BCUT2D eigenvalue weighted by molar-refractivity contribution is 14.1. The molecule has 0 aliphatic heterocycles. The summed E-state index contributed by atoms with van der Waals surface area (Å²) in [5, 5.41) is 8.16. The van der Waals surface area contributed by atoms with E-state index in [0.717, 1.165) is 5.69 Å². The Bertz CT molecular complexity index is 505. The van der Waals surface area contributed by atoms with Crippen molar-refractivity contribution in [2.45, 2.75) is 6.04 Å². The number of benzene rings is 1. The molecule has 1 atom stereocenters. The molecule has 1 unspecified atom stereocenters. The van der Waals surface area contributed by atoms with Crippen molar-refractivity contribution in [2.75, 3.05) is 7.05 Å². The van der Waals surface area contributed by atoms with Gasteiger partial charge in [0.05, 0.1) is 23.0 Å². The average molecular weight is 362 g/mol. The van der Waals surface area contributed by atoms with Gasteiger partial charge in [0.1, 0.15) is 0 Å². The minimum Gasteiger partial charge on any atom is -0.308 e. The average Bonchev–Trinajstić information content (AvgIpc) is 2.64. The first-order valence-corrected chi connectivity index (χ1v) is 6.70. The van der Waals surface area contributed by atoms with Crippen LogP contribution in [-0.2, 0) is 7.05 Å². The standard InChI is InChI=1S/C12H13ClIN3/c1-15-11(8-5-3-4-6-10(8)14)12-9(13)7-16-17(12)2/h3-7,11,15H,1-2H3. The smallest absolute Gasteiger partial charge is 0.0837 e. The number of hydrogen-bond acceptors (Lipinski definition) is 2. The van der Waals surface area contributed by atoms with Gasteiger partial charge in [-0.05, 0) is 41.3 Å². The second kappa shape index (κ2) is 5.37. The highest BCUT2D eigenvalue weighted by atomic mass is 127. The van der Waals surface area contributed by atoms with Crippen LogP contribution in [0.4, 0.5) is 0 Å². The SMILES string of the molecule is CNC(c1ccccc1I)c1c(Cl)cnn1C. The van der Waals surface area contributed by atoms with Crippen LogP contribution in [0.5, 0.6) is 0 Å². The number of nitrogens with one attached hydrogen (secondary N) is 1. The van der Waals surface area contributed by atoms with Gasteiger partial charge in [-0.3, -0.25) is 4.68 Å². The molecule has 0 aliphatic rings. The van der Waals surface area contributed by atoms with Crippen molar-refractivity contribution in [3.63, 3.8) is 0 Å². The van der Waals surface area contributed by atoms with Crippen molar-refractivity contribution in [3.8, 4) is 0 Å². The molecule has 1 N–H and O–H groups in total. The number of aromatic nitrogens is 2. The van der Waals surface area contributed by atoms with E-state index in [-0.39, 0.29) is 6.04 Å². The molecule has 5 heteroatoms. The van der Waals surface area contributed by atoms with Gasteiger partial charge in [-0.15, -0.1) is 0 Å². The minimum atomic E-state index is 0.0584. The third kappa shape index (κ3) is 2.48. The maximum absolute atomic E-state index is 6.20. The van der Waals surface area contributed by atoms with Crippen molar-refractivity contribution in [3.05, 3.63) is 50.3 Å². The third-order valence-electron chi connectivity index (χ3n) is 2.72. The van der Waals surface area contributed by atoms with Crippen LogP contribution < -0.4 is 5.32 Å². The van der Waals surface area contributed by atoms with Crippen LogP contribution in [0.2, 0.25) is 5.02 Å². The Morgan fingerprint density at radius 3 is 2.65 bits per heavy atom. The molecule has 2 aromatic rings. The Balaban J connectivity index is 2.52. The molecule has 0 amide bonds. The zero-order valence-corrected chi connectivity index (χ0v) is 12.5. The van der Waals surface area contributed by atoms with Crippen LogP contribution in [0, 0.1) is 3.57 Å². The highest BCUT2D eigenvalue weighted by Gasteiger charge is 2.20. The second-order valence-electron chi connectivity index (χ2n) is 3.74. The predicted octanol–water partition coefficient (Wildman–Crippen LogP) is 2.99. The second-order valence-corrected chi connectivity index (χ2v) is 5.31. The van der Waals surface area contributed by atoms with E-state index in [2.05, 4.69) is 45.1 Å². The van der Waals surface area contributed by atoms with Gasteiger partial charge >= 0.3 is 0 Å². The summed E-state index contributed by atoms with van der Waals surface area (Å²) in [5.74, 6) is 0. The molecule has 1 heterocycles. The lowest BCUT2D eigenvalue weighted by Gasteiger charge is -2.19. The molecule has 0 saturated heterocycles. The van der Waals surface area contributed by atoms with Gasteiger partial charge in [0, 0.05) is 10.6 Å². The molecule has 1 aromatic heterocycles. The highest BCUT2D eigenvalue weighted by Crippen LogP contribution is 2.29. The fraction of sp³-hybridized carbons (Fsp3) is 0.250. The Hall–Kier alpha value is -0.590. The van der Waals surface area contributed by atoms with Crippen LogP contribution in [0.1, 0.15) is 17.3 Å². The molecule has 0 fully saturated rings. The molecule has 90 valence electrons. The number of hydrogen-bond donors (Lipinski definition) is 1. The van der Waals surface area contributed by atoms with E-state index < -0.39 is 0 Å². The Kier molecular flexibility index (Phi) is 4.06. The van der Waals surface area contributed by atoms with Crippen LogP contribution >= 0.6 is 34.2 Å². The van der Waals surface area contributed by atoms with Gasteiger partial charge in [0.2, 0.25) is 0 Å². The summed E-state index contributed by atoms with van der Waals surface area (Å²) in [4.78, 5) is 0. The lowest BCUT2D eigenvalue weighted by atomic mass is 10.0. The van der Waals surface area contributed by atoms with E-state index in [0.29, 0.717) is 5.02 Å². The number of nitrogens with zero attached hydrogens (tertiary/aromatic N) is 2. The fourth-order valence-corrected chi connectivity index (χ4v) is 2.87. The largest absolute Gasteiger partial charge is 0.308 e. The van der Waals surface area contributed by atoms with Gasteiger partial charge in [-0.1, -0.05) is 29.8 Å². The summed E-state index contributed by atoms with van der Waals surface area (Å²) in [6, 6.07) is 8.31. The predicted molar refractivity (Wildman–Crippen MR) is 78.3 cm³/mol. The first-order valence-electron chi connectivity index (χ1n) is 5.24. The van der Waals surface area contributed by atoms with Gasteiger partial charge in [0.15, 0.2) is 0 Å². The van der Waals surface area contributed by atoms with E-state index in [1.54, 1.807) is 6.20 Å². The van der Waals surface area contributed by atoms with Crippen molar-refractivity contribution < 1.29 is 0 Å². The fourth-order valence-electron chi connectivity index (χ4n) is 1.89. The Labute approximate surface area is 119 Å². The molecule has 0 bridgehead atoms. The molecular formula is C12H13ClIN3. The normalized spacial score (nSPS) is 12.7. The topological polar surface area (TPSA) is 29.9 Å². The maximum atomic E-state index is 6.20. The molecule has 17 heavy (non-hydrogen) atoms. The lowest BCUT2D eigenvalue weighted by molar-refractivity contribution is 0.604. The van der Waals surface area contributed by atoms with E-state index in [1.165, 1.54) is 9.13 Å². The quantitative estimate of drug-likeness (QED) is 0.852. The summed E-state index contributed by atoms with van der Waals surface area (Å²) in [7, 11) is 3.83. The van der Waals surface area contributed by atoms with Gasteiger partial charge in [-0.25, -0.2) is 0 Å². The summed E-state index contributed by atoms with van der Waals surface area (Å²) >= 11 is 8.53. The molecule has 0 spiro atoms. The Morgan fingerprint density at radius 1 is 1.41 bits per heavy atom. The van der Waals surface area contributed by atoms with Crippen molar-refractivity contribution in [1.82, 2.24) is 15.1 Å². The molecule has 2 rings (SSSR count). The zero-order chi connectivity index (χ0) is 12.4. The third-order valence-corrected chi connectivity index (χ3v) is 3.99. The van der Waals surface area contributed by atoms with Gasteiger partial charge in [-0.2, -0.15) is 5.10 Å². The monoisotopic (exact) mass is 361 g/mol. The first kappa shape index (κ1) is 12.9. The molecule has 1 aromatic carbocycles. The summed E-state index contributed by atoms with van der Waals surface area (Å²) in [6.45, 7) is 0. The van der Waals surface area contributed by atoms with Crippen LogP contribution in [0.3, 0.4) is 0 Å². The molecule has 0 radical (unpaired) electrons. The lowest BCUT2D eigenvalue weighted by Crippen LogP contribution is -2.21. The first-order chi connectivity index (χ1) is 8.15. The van der Waals surface area contributed by atoms with E-state index in [1.807, 2.05) is 30.9 Å². The van der Waals surface area contributed by atoms with E-state index in [9.17, 15) is 0 Å². The van der Waals surface area contributed by atoms with Crippen molar-refractivity contribution >= 4 is 34.2 Å².